The summed E-state index contributed by atoms with van der Waals surface area (Å²) in [6.45, 7) is 0.0260. The van der Waals surface area contributed by atoms with Crippen LogP contribution in [0.1, 0.15) is 5.56 Å². The Morgan fingerprint density at radius 3 is 2.70 bits per heavy atom. The van der Waals surface area contributed by atoms with Gasteiger partial charge in [-0.1, -0.05) is 6.07 Å². The fraction of sp³-hybridized carbons (Fsp3) is 0.143. The minimum atomic E-state index is 0.0260. The van der Waals surface area contributed by atoms with Gasteiger partial charge in [-0.2, -0.15) is 0 Å². The van der Waals surface area contributed by atoms with Gasteiger partial charge in [0.2, 0.25) is 0 Å². The summed E-state index contributed by atoms with van der Waals surface area (Å²) in [5.74, 6) is 0. The first-order valence-electron chi connectivity index (χ1n) is 2.92. The standard InChI is InChI=1S/C7H9NOS/c8-6-3-5(4-9)1-2-7(6)10/h1-3,9-10H,4,8H2. The van der Waals surface area contributed by atoms with E-state index in [4.69, 9.17) is 10.8 Å². The van der Waals surface area contributed by atoms with Gasteiger partial charge in [0.25, 0.3) is 0 Å². The highest BCUT2D eigenvalue weighted by molar-refractivity contribution is 7.80. The van der Waals surface area contributed by atoms with Crippen molar-refractivity contribution < 1.29 is 5.11 Å². The van der Waals surface area contributed by atoms with Crippen LogP contribution in [0, 0.1) is 0 Å². The van der Waals surface area contributed by atoms with Crippen LogP contribution in [-0.2, 0) is 6.61 Å². The summed E-state index contributed by atoms with van der Waals surface area (Å²) in [5.41, 5.74) is 6.93. The smallest absolute Gasteiger partial charge is 0.0682 e. The van der Waals surface area contributed by atoms with Crippen LogP contribution in [0.25, 0.3) is 0 Å². The molecule has 54 valence electrons. The maximum atomic E-state index is 8.67. The topological polar surface area (TPSA) is 46.2 Å². The molecule has 0 aliphatic rings. The molecule has 0 amide bonds. The van der Waals surface area contributed by atoms with Crippen LogP contribution < -0.4 is 5.73 Å². The van der Waals surface area contributed by atoms with Crippen molar-refractivity contribution in [3.8, 4) is 0 Å². The van der Waals surface area contributed by atoms with E-state index in [-0.39, 0.29) is 6.61 Å². The summed E-state index contributed by atoms with van der Waals surface area (Å²) in [6.07, 6.45) is 0. The molecule has 1 aromatic rings. The second kappa shape index (κ2) is 2.94. The average molecular weight is 155 g/mol. The molecule has 3 heteroatoms. The molecule has 0 radical (unpaired) electrons. The first-order chi connectivity index (χ1) is 4.74. The molecular weight excluding hydrogens is 146 g/mol. The number of aliphatic hydroxyl groups is 1. The summed E-state index contributed by atoms with van der Waals surface area (Å²) in [4.78, 5) is 0.747. The van der Waals surface area contributed by atoms with E-state index in [1.54, 1.807) is 18.2 Å². The second-order valence-corrected chi connectivity index (χ2v) is 2.53. The lowest BCUT2D eigenvalue weighted by Crippen LogP contribution is -1.89. The van der Waals surface area contributed by atoms with Crippen LogP contribution >= 0.6 is 12.6 Å². The molecule has 0 heterocycles. The molecule has 0 bridgehead atoms. The second-order valence-electron chi connectivity index (χ2n) is 2.05. The highest BCUT2D eigenvalue weighted by Gasteiger charge is 1.94. The van der Waals surface area contributed by atoms with Crippen molar-refractivity contribution in [2.75, 3.05) is 5.73 Å². The van der Waals surface area contributed by atoms with Crippen molar-refractivity contribution >= 4 is 18.3 Å². The Morgan fingerprint density at radius 1 is 1.50 bits per heavy atom. The predicted molar refractivity (Wildman–Crippen MR) is 44.0 cm³/mol. The first kappa shape index (κ1) is 7.44. The zero-order chi connectivity index (χ0) is 7.56. The van der Waals surface area contributed by atoms with Crippen LogP contribution in [0.5, 0.6) is 0 Å². The first-order valence-corrected chi connectivity index (χ1v) is 3.37. The van der Waals surface area contributed by atoms with Gasteiger partial charge in [0, 0.05) is 10.6 Å². The molecule has 0 aliphatic heterocycles. The van der Waals surface area contributed by atoms with Gasteiger partial charge >= 0.3 is 0 Å². The molecule has 0 aromatic heterocycles. The highest BCUT2D eigenvalue weighted by Crippen LogP contribution is 2.17. The average Bonchev–Trinajstić information content (AvgIpc) is 1.95. The minimum absolute atomic E-state index is 0.0260. The fourth-order valence-electron chi connectivity index (χ4n) is 0.702. The van der Waals surface area contributed by atoms with Crippen LogP contribution in [0.2, 0.25) is 0 Å². The molecule has 0 aliphatic carbocycles. The number of hydrogen-bond donors (Lipinski definition) is 3. The number of hydrogen-bond acceptors (Lipinski definition) is 3. The highest BCUT2D eigenvalue weighted by atomic mass is 32.1. The maximum absolute atomic E-state index is 8.67. The molecule has 10 heavy (non-hydrogen) atoms. The Labute approximate surface area is 65.1 Å². The van der Waals surface area contributed by atoms with Gasteiger partial charge in [-0.05, 0) is 17.7 Å². The molecular formula is C7H9NOS. The van der Waals surface area contributed by atoms with Crippen LogP contribution in [0.3, 0.4) is 0 Å². The molecule has 0 atom stereocenters. The van der Waals surface area contributed by atoms with Gasteiger partial charge in [-0.25, -0.2) is 0 Å². The Morgan fingerprint density at radius 2 is 2.20 bits per heavy atom. The SMILES string of the molecule is Nc1cc(CO)ccc1S. The monoisotopic (exact) mass is 155 g/mol. The van der Waals surface area contributed by atoms with Gasteiger partial charge in [-0.15, -0.1) is 12.6 Å². The lowest BCUT2D eigenvalue weighted by atomic mass is 10.2. The van der Waals surface area contributed by atoms with Gasteiger partial charge in [0.05, 0.1) is 6.61 Å². The molecule has 1 rings (SSSR count). The van der Waals surface area contributed by atoms with Crippen molar-refractivity contribution in [3.63, 3.8) is 0 Å². The van der Waals surface area contributed by atoms with Gasteiger partial charge in [0.15, 0.2) is 0 Å². The normalized spacial score (nSPS) is 9.80. The summed E-state index contributed by atoms with van der Waals surface area (Å²) in [7, 11) is 0. The van der Waals surface area contributed by atoms with E-state index >= 15 is 0 Å². The van der Waals surface area contributed by atoms with E-state index in [1.165, 1.54) is 0 Å². The number of anilines is 1. The molecule has 0 saturated carbocycles. The van der Waals surface area contributed by atoms with E-state index < -0.39 is 0 Å². The third-order valence-corrected chi connectivity index (χ3v) is 1.68. The van der Waals surface area contributed by atoms with Gasteiger partial charge < -0.3 is 10.8 Å². The third-order valence-electron chi connectivity index (χ3n) is 1.27. The molecule has 0 saturated heterocycles. The van der Waals surface area contributed by atoms with Crippen LogP contribution in [-0.4, -0.2) is 5.11 Å². The zero-order valence-corrected chi connectivity index (χ0v) is 6.31. The quantitative estimate of drug-likeness (QED) is 0.419. The number of nitrogen functional groups attached to an aromatic ring is 1. The summed E-state index contributed by atoms with van der Waals surface area (Å²) in [6, 6.07) is 5.27. The molecule has 0 unspecified atom stereocenters. The van der Waals surface area contributed by atoms with E-state index in [1.807, 2.05) is 0 Å². The lowest BCUT2D eigenvalue weighted by molar-refractivity contribution is 0.282. The molecule has 0 spiro atoms. The largest absolute Gasteiger partial charge is 0.398 e. The number of benzene rings is 1. The van der Waals surface area contributed by atoms with Crippen molar-refractivity contribution in [1.82, 2.24) is 0 Å². The Balaban J connectivity index is 3.04. The van der Waals surface area contributed by atoms with Crippen LogP contribution in [0.4, 0.5) is 5.69 Å². The molecule has 3 N–H and O–H groups in total. The van der Waals surface area contributed by atoms with E-state index in [0.717, 1.165) is 10.5 Å². The number of aliphatic hydroxyl groups excluding tert-OH is 1. The lowest BCUT2D eigenvalue weighted by Gasteiger charge is -1.99. The predicted octanol–water partition coefficient (Wildman–Crippen LogP) is 1.05. The van der Waals surface area contributed by atoms with Crippen molar-refractivity contribution in [1.29, 1.82) is 0 Å². The number of rotatable bonds is 1. The minimum Gasteiger partial charge on any atom is -0.398 e. The van der Waals surface area contributed by atoms with Crippen molar-refractivity contribution in [2.45, 2.75) is 11.5 Å². The third kappa shape index (κ3) is 1.43. The number of nitrogens with two attached hydrogens (primary N) is 1. The van der Waals surface area contributed by atoms with Crippen molar-refractivity contribution in [2.24, 2.45) is 0 Å². The molecule has 2 nitrogen and oxygen atoms in total. The van der Waals surface area contributed by atoms with Crippen molar-refractivity contribution in [3.05, 3.63) is 23.8 Å². The Kier molecular flexibility index (Phi) is 2.19. The van der Waals surface area contributed by atoms with E-state index in [0.29, 0.717) is 5.69 Å². The maximum Gasteiger partial charge on any atom is 0.0682 e. The Hall–Kier alpha value is -0.670. The summed E-state index contributed by atoms with van der Waals surface area (Å²) in [5, 5.41) is 8.67. The summed E-state index contributed by atoms with van der Waals surface area (Å²) < 4.78 is 0. The van der Waals surface area contributed by atoms with Crippen LogP contribution in [0.15, 0.2) is 23.1 Å². The Bertz CT molecular complexity index is 237. The van der Waals surface area contributed by atoms with Gasteiger partial charge in [0.1, 0.15) is 0 Å². The van der Waals surface area contributed by atoms with Gasteiger partial charge in [-0.3, -0.25) is 0 Å². The zero-order valence-electron chi connectivity index (χ0n) is 5.41. The fourth-order valence-corrected chi connectivity index (χ4v) is 0.841. The number of thiol groups is 1. The van der Waals surface area contributed by atoms with E-state index in [9.17, 15) is 0 Å². The molecule has 0 fully saturated rings. The molecule has 1 aromatic carbocycles. The van der Waals surface area contributed by atoms with E-state index in [2.05, 4.69) is 12.6 Å². The summed E-state index contributed by atoms with van der Waals surface area (Å²) >= 11 is 4.08.